The summed E-state index contributed by atoms with van der Waals surface area (Å²) in [6, 6.07) is 3.34. The lowest BCUT2D eigenvalue weighted by atomic mass is 10.3. The molecule has 19 heavy (non-hydrogen) atoms. The molecule has 7 heteroatoms. The maximum absolute atomic E-state index is 11.8. The summed E-state index contributed by atoms with van der Waals surface area (Å²) in [5.41, 5.74) is 1.24. The van der Waals surface area contributed by atoms with Gasteiger partial charge in [0.15, 0.2) is 11.5 Å². The topological polar surface area (TPSA) is 57.0 Å². The van der Waals surface area contributed by atoms with Gasteiger partial charge in [-0.3, -0.25) is 0 Å². The largest absolute Gasteiger partial charge is 0.461 e. The molecular weight excluding hydrogens is 334 g/mol. The van der Waals surface area contributed by atoms with Crippen LogP contribution >= 0.6 is 27.5 Å². The number of nitrogens with zero attached hydrogens (tertiary/aromatic N) is 3. The maximum Gasteiger partial charge on any atom is 0.357 e. The normalized spacial score (nSPS) is 10.5. The second-order valence-corrected chi connectivity index (χ2v) is 4.60. The zero-order valence-corrected chi connectivity index (χ0v) is 12.5. The van der Waals surface area contributed by atoms with Crippen LogP contribution in [0, 0.1) is 0 Å². The molecule has 0 aliphatic rings. The van der Waals surface area contributed by atoms with Gasteiger partial charge in [-0.1, -0.05) is 27.5 Å². The van der Waals surface area contributed by atoms with E-state index in [-0.39, 0.29) is 0 Å². The van der Waals surface area contributed by atoms with E-state index in [1.165, 1.54) is 10.9 Å². The summed E-state index contributed by atoms with van der Waals surface area (Å²) < 4.78 is 6.33. The second kappa shape index (κ2) is 6.16. The average molecular weight is 345 g/mol. The van der Waals surface area contributed by atoms with Gasteiger partial charge in [0.2, 0.25) is 0 Å². The molecular formula is C12H11BrClN3O2. The lowest BCUT2D eigenvalue weighted by Gasteiger charge is -2.08. The molecule has 0 N–H and O–H groups in total. The Kier molecular flexibility index (Phi) is 4.55. The van der Waals surface area contributed by atoms with Gasteiger partial charge in [0, 0.05) is 11.5 Å². The summed E-state index contributed by atoms with van der Waals surface area (Å²) in [6.07, 6.45) is 3.18. The first-order valence-electron chi connectivity index (χ1n) is 5.59. The minimum Gasteiger partial charge on any atom is -0.461 e. The van der Waals surface area contributed by atoms with Crippen molar-refractivity contribution < 1.29 is 9.53 Å². The molecule has 0 saturated heterocycles. The highest BCUT2D eigenvalue weighted by Crippen LogP contribution is 2.21. The van der Waals surface area contributed by atoms with E-state index in [4.69, 9.17) is 16.3 Å². The maximum atomic E-state index is 11.8. The standard InChI is InChI=1S/C12H11BrClN3O2/c1-2-19-12(18)10-3-4-16-17(10)11-9(14)5-8(6-13)7-15-11/h3-5,7H,2,6H2,1H3. The Balaban J connectivity index is 2.42. The molecule has 0 fully saturated rings. The van der Waals surface area contributed by atoms with Crippen molar-refractivity contribution in [3.8, 4) is 5.82 Å². The van der Waals surface area contributed by atoms with Gasteiger partial charge in [0.25, 0.3) is 0 Å². The molecule has 2 aromatic rings. The molecule has 0 aliphatic carbocycles. The first kappa shape index (κ1) is 14.0. The number of halogens is 2. The van der Waals surface area contributed by atoms with Crippen LogP contribution in [0.2, 0.25) is 5.02 Å². The SMILES string of the molecule is CCOC(=O)c1ccnn1-c1ncc(CBr)cc1Cl. The second-order valence-electron chi connectivity index (χ2n) is 3.63. The Hall–Kier alpha value is -1.40. The van der Waals surface area contributed by atoms with Crippen molar-refractivity contribution in [2.75, 3.05) is 6.61 Å². The lowest BCUT2D eigenvalue weighted by molar-refractivity contribution is 0.0515. The van der Waals surface area contributed by atoms with Crippen LogP contribution in [0.15, 0.2) is 24.5 Å². The molecule has 100 valence electrons. The van der Waals surface area contributed by atoms with Gasteiger partial charge in [0.05, 0.1) is 17.8 Å². The molecule has 0 unspecified atom stereocenters. The molecule has 0 aliphatic heterocycles. The minimum absolute atomic E-state index is 0.294. The molecule has 0 aromatic carbocycles. The third kappa shape index (κ3) is 2.96. The number of hydrogen-bond donors (Lipinski definition) is 0. The van der Waals surface area contributed by atoms with Crippen LogP contribution in [0.25, 0.3) is 5.82 Å². The number of esters is 1. The van der Waals surface area contributed by atoms with Gasteiger partial charge in [-0.25, -0.2) is 14.5 Å². The fourth-order valence-corrected chi connectivity index (χ4v) is 2.11. The van der Waals surface area contributed by atoms with E-state index < -0.39 is 5.97 Å². The number of alkyl halides is 1. The lowest BCUT2D eigenvalue weighted by Crippen LogP contribution is -2.13. The van der Waals surface area contributed by atoms with Crippen molar-refractivity contribution >= 4 is 33.5 Å². The van der Waals surface area contributed by atoms with E-state index in [0.29, 0.717) is 28.5 Å². The van der Waals surface area contributed by atoms with Crippen molar-refractivity contribution in [2.45, 2.75) is 12.3 Å². The molecule has 2 heterocycles. The molecule has 0 saturated carbocycles. The third-order valence-corrected chi connectivity index (χ3v) is 3.29. The Bertz CT molecular complexity index is 600. The van der Waals surface area contributed by atoms with Crippen molar-refractivity contribution in [1.29, 1.82) is 0 Å². The van der Waals surface area contributed by atoms with E-state index in [1.54, 1.807) is 25.3 Å². The van der Waals surface area contributed by atoms with Crippen LogP contribution in [-0.4, -0.2) is 27.3 Å². The molecule has 0 radical (unpaired) electrons. The quantitative estimate of drug-likeness (QED) is 0.632. The Morgan fingerprint density at radius 2 is 2.37 bits per heavy atom. The highest BCUT2D eigenvalue weighted by Gasteiger charge is 2.17. The van der Waals surface area contributed by atoms with Crippen LogP contribution < -0.4 is 0 Å². The summed E-state index contributed by atoms with van der Waals surface area (Å²) >= 11 is 9.49. The molecule has 0 bridgehead atoms. The van der Waals surface area contributed by atoms with Gasteiger partial charge in [-0.2, -0.15) is 5.10 Å². The molecule has 0 amide bonds. The fourth-order valence-electron chi connectivity index (χ4n) is 1.53. The average Bonchev–Trinajstić information content (AvgIpc) is 2.88. The van der Waals surface area contributed by atoms with Crippen molar-refractivity contribution in [3.63, 3.8) is 0 Å². The molecule has 2 aromatic heterocycles. The highest BCUT2D eigenvalue weighted by molar-refractivity contribution is 9.08. The van der Waals surface area contributed by atoms with E-state index in [1.807, 2.05) is 0 Å². The first-order valence-corrected chi connectivity index (χ1v) is 7.09. The smallest absolute Gasteiger partial charge is 0.357 e. The molecule has 0 spiro atoms. The van der Waals surface area contributed by atoms with Crippen molar-refractivity contribution in [2.24, 2.45) is 0 Å². The van der Waals surface area contributed by atoms with Gasteiger partial charge in [0.1, 0.15) is 0 Å². The van der Waals surface area contributed by atoms with Crippen LogP contribution in [0.1, 0.15) is 23.0 Å². The third-order valence-electron chi connectivity index (χ3n) is 2.36. The first-order chi connectivity index (χ1) is 9.17. The van der Waals surface area contributed by atoms with Crippen LogP contribution in [0.4, 0.5) is 0 Å². The zero-order valence-electron chi connectivity index (χ0n) is 10.1. The van der Waals surface area contributed by atoms with E-state index in [0.717, 1.165) is 5.56 Å². The number of hydrogen-bond acceptors (Lipinski definition) is 4. The van der Waals surface area contributed by atoms with E-state index >= 15 is 0 Å². The monoisotopic (exact) mass is 343 g/mol. The summed E-state index contributed by atoms with van der Waals surface area (Å²) in [5, 5.41) is 5.14. The minimum atomic E-state index is -0.456. The molecule has 2 rings (SSSR count). The summed E-state index contributed by atoms with van der Waals surface area (Å²) in [6.45, 7) is 2.04. The Morgan fingerprint density at radius 1 is 1.58 bits per heavy atom. The Morgan fingerprint density at radius 3 is 3.00 bits per heavy atom. The van der Waals surface area contributed by atoms with Crippen LogP contribution in [0.5, 0.6) is 0 Å². The predicted octanol–water partition coefficient (Wildman–Crippen LogP) is 2.99. The van der Waals surface area contributed by atoms with Crippen LogP contribution in [-0.2, 0) is 10.1 Å². The van der Waals surface area contributed by atoms with Gasteiger partial charge in [-0.05, 0) is 24.6 Å². The summed E-state index contributed by atoms with van der Waals surface area (Å²) in [5.74, 6) is -0.0538. The summed E-state index contributed by atoms with van der Waals surface area (Å²) in [4.78, 5) is 16.0. The van der Waals surface area contributed by atoms with Gasteiger partial charge in [-0.15, -0.1) is 0 Å². The number of ether oxygens (including phenoxy) is 1. The molecule has 5 nitrogen and oxygen atoms in total. The van der Waals surface area contributed by atoms with Crippen molar-refractivity contribution in [3.05, 3.63) is 40.8 Å². The van der Waals surface area contributed by atoms with Gasteiger partial charge < -0.3 is 4.74 Å². The van der Waals surface area contributed by atoms with E-state index in [9.17, 15) is 4.79 Å². The molecule has 0 atom stereocenters. The van der Waals surface area contributed by atoms with Crippen molar-refractivity contribution in [1.82, 2.24) is 14.8 Å². The summed E-state index contributed by atoms with van der Waals surface area (Å²) in [7, 11) is 0. The zero-order chi connectivity index (χ0) is 13.8. The number of rotatable bonds is 4. The van der Waals surface area contributed by atoms with Crippen LogP contribution in [0.3, 0.4) is 0 Å². The fraction of sp³-hybridized carbons (Fsp3) is 0.250. The Labute approximate surface area is 123 Å². The number of carbonyl (C=O) groups excluding carboxylic acids is 1. The highest BCUT2D eigenvalue weighted by atomic mass is 79.9. The number of aromatic nitrogens is 3. The number of pyridine rings is 1. The number of carbonyl (C=O) groups is 1. The van der Waals surface area contributed by atoms with E-state index in [2.05, 4.69) is 26.0 Å². The predicted molar refractivity (Wildman–Crippen MR) is 75.0 cm³/mol. The van der Waals surface area contributed by atoms with Gasteiger partial charge >= 0.3 is 5.97 Å².